The second kappa shape index (κ2) is 8.99. The van der Waals surface area contributed by atoms with Crippen LogP contribution in [0.1, 0.15) is 64.1 Å². The zero-order valence-corrected chi connectivity index (χ0v) is 19.1. The number of nitrogens with two attached hydrogens (primary N) is 1. The molecule has 1 saturated carbocycles. The molecule has 2 aliphatic rings. The molecule has 6 nitrogen and oxygen atoms in total. The van der Waals surface area contributed by atoms with E-state index in [2.05, 4.69) is 52.3 Å². The standard InChI is InChI=1S/C23H36N4O2S/c1-17(2)18-7-9-20(10-8-18)26-13-11-21(12-14-26)27-22(16-25-30(24,28)29)15-19-5-3-4-6-23(19)27/h3-6,15,17-18,20-21,25H,7-14,16H2,1-2H3,(H2,24,28,29). The van der Waals surface area contributed by atoms with E-state index in [1.165, 1.54) is 31.2 Å². The van der Waals surface area contributed by atoms with E-state index in [4.69, 9.17) is 5.14 Å². The summed E-state index contributed by atoms with van der Waals surface area (Å²) in [7, 11) is -3.71. The molecule has 7 heteroatoms. The van der Waals surface area contributed by atoms with Crippen LogP contribution < -0.4 is 9.86 Å². The summed E-state index contributed by atoms with van der Waals surface area (Å²) >= 11 is 0. The first-order valence-corrected chi connectivity index (χ1v) is 13.0. The molecule has 1 aromatic carbocycles. The van der Waals surface area contributed by atoms with Crippen LogP contribution in [0, 0.1) is 11.8 Å². The molecule has 1 aliphatic heterocycles. The van der Waals surface area contributed by atoms with Gasteiger partial charge in [-0.15, -0.1) is 0 Å². The van der Waals surface area contributed by atoms with Crippen LogP contribution in [-0.2, 0) is 16.8 Å². The first-order valence-electron chi connectivity index (χ1n) is 11.4. The number of nitrogens with zero attached hydrogens (tertiary/aromatic N) is 2. The lowest BCUT2D eigenvalue weighted by Gasteiger charge is -2.42. The Morgan fingerprint density at radius 1 is 1.03 bits per heavy atom. The van der Waals surface area contributed by atoms with E-state index in [0.29, 0.717) is 6.04 Å². The van der Waals surface area contributed by atoms with Gasteiger partial charge in [0.2, 0.25) is 0 Å². The maximum absolute atomic E-state index is 11.4. The van der Waals surface area contributed by atoms with Crippen molar-refractivity contribution in [1.29, 1.82) is 0 Å². The molecule has 166 valence electrons. The van der Waals surface area contributed by atoms with Crippen LogP contribution >= 0.6 is 0 Å². The van der Waals surface area contributed by atoms with Crippen molar-refractivity contribution >= 4 is 21.1 Å². The molecule has 0 unspecified atom stereocenters. The van der Waals surface area contributed by atoms with Gasteiger partial charge in [-0.05, 0) is 67.9 Å². The minimum atomic E-state index is -3.71. The molecule has 2 heterocycles. The molecule has 1 saturated heterocycles. The molecule has 3 N–H and O–H groups in total. The third-order valence-corrected chi connectivity index (χ3v) is 7.89. The van der Waals surface area contributed by atoms with E-state index in [1.807, 2.05) is 6.07 Å². The Balaban J connectivity index is 1.45. The van der Waals surface area contributed by atoms with Crippen LogP contribution in [0.5, 0.6) is 0 Å². The van der Waals surface area contributed by atoms with Gasteiger partial charge in [0.25, 0.3) is 10.2 Å². The van der Waals surface area contributed by atoms with Gasteiger partial charge in [-0.3, -0.25) is 0 Å². The number of fused-ring (bicyclic) bond motifs is 1. The summed E-state index contributed by atoms with van der Waals surface area (Å²) in [5, 5.41) is 6.33. The minimum absolute atomic E-state index is 0.229. The molecule has 2 fully saturated rings. The lowest BCUT2D eigenvalue weighted by Crippen LogP contribution is -2.44. The molecule has 2 aromatic rings. The third-order valence-electron chi connectivity index (χ3n) is 7.35. The summed E-state index contributed by atoms with van der Waals surface area (Å²) in [5.41, 5.74) is 2.17. The lowest BCUT2D eigenvalue weighted by molar-refractivity contribution is 0.0889. The molecule has 0 spiro atoms. The number of para-hydroxylation sites is 1. The van der Waals surface area contributed by atoms with Crippen LogP contribution in [0.2, 0.25) is 0 Å². The van der Waals surface area contributed by atoms with Crippen molar-refractivity contribution in [3.05, 3.63) is 36.0 Å². The zero-order chi connectivity index (χ0) is 21.3. The Hall–Kier alpha value is -1.41. The van der Waals surface area contributed by atoms with Gasteiger partial charge in [0.15, 0.2) is 0 Å². The molecule has 1 aliphatic carbocycles. The Bertz CT molecular complexity index is 953. The highest BCUT2D eigenvalue weighted by Gasteiger charge is 2.31. The number of hydrogen-bond donors (Lipinski definition) is 2. The smallest absolute Gasteiger partial charge is 0.274 e. The SMILES string of the molecule is CC(C)C1CCC(N2CCC(n3c(CNS(N)(=O)=O)cc4ccccc43)CC2)CC1. The summed E-state index contributed by atoms with van der Waals surface area (Å²) in [6.07, 6.45) is 7.62. The van der Waals surface area contributed by atoms with E-state index in [0.717, 1.165) is 54.9 Å². The average molecular weight is 433 g/mol. The molecule has 0 bridgehead atoms. The fourth-order valence-electron chi connectivity index (χ4n) is 5.62. The number of rotatable bonds is 6. The van der Waals surface area contributed by atoms with Gasteiger partial charge in [-0.2, -0.15) is 13.1 Å². The van der Waals surface area contributed by atoms with Crippen molar-refractivity contribution in [2.45, 2.75) is 71.0 Å². The summed E-state index contributed by atoms with van der Waals surface area (Å²) < 4.78 is 27.7. The highest BCUT2D eigenvalue weighted by atomic mass is 32.2. The zero-order valence-electron chi connectivity index (χ0n) is 18.3. The Morgan fingerprint density at radius 2 is 1.70 bits per heavy atom. The fraction of sp³-hybridized carbons (Fsp3) is 0.652. The molecule has 1 aromatic heterocycles. The quantitative estimate of drug-likeness (QED) is 0.729. The number of nitrogens with one attached hydrogen (secondary N) is 1. The number of benzene rings is 1. The first kappa shape index (κ1) is 21.8. The van der Waals surface area contributed by atoms with Crippen molar-refractivity contribution in [3.8, 4) is 0 Å². The van der Waals surface area contributed by atoms with Gasteiger partial charge in [0.1, 0.15) is 0 Å². The first-order chi connectivity index (χ1) is 14.3. The van der Waals surface area contributed by atoms with Crippen LogP contribution in [-0.4, -0.2) is 37.0 Å². The maximum atomic E-state index is 11.4. The Labute approximate surface area is 181 Å². The van der Waals surface area contributed by atoms with Gasteiger partial charge in [-0.1, -0.05) is 32.0 Å². The predicted octanol–water partition coefficient (Wildman–Crippen LogP) is 3.79. The summed E-state index contributed by atoms with van der Waals surface area (Å²) in [6, 6.07) is 11.5. The van der Waals surface area contributed by atoms with Gasteiger partial charge in [-0.25, -0.2) is 5.14 Å². The number of piperidine rings is 1. The molecule has 4 rings (SSSR count). The number of likely N-dealkylation sites (tertiary alicyclic amines) is 1. The van der Waals surface area contributed by atoms with Crippen LogP contribution in [0.4, 0.5) is 0 Å². The minimum Gasteiger partial charge on any atom is -0.340 e. The van der Waals surface area contributed by atoms with Crippen LogP contribution in [0.25, 0.3) is 10.9 Å². The van der Waals surface area contributed by atoms with Crippen molar-refractivity contribution in [3.63, 3.8) is 0 Å². The van der Waals surface area contributed by atoms with Crippen molar-refractivity contribution < 1.29 is 8.42 Å². The highest BCUT2D eigenvalue weighted by Crippen LogP contribution is 2.36. The summed E-state index contributed by atoms with van der Waals surface area (Å²) in [4.78, 5) is 2.71. The predicted molar refractivity (Wildman–Crippen MR) is 122 cm³/mol. The molecule has 30 heavy (non-hydrogen) atoms. The molecule has 0 atom stereocenters. The summed E-state index contributed by atoms with van der Waals surface area (Å²) in [5.74, 6) is 1.71. The number of hydrogen-bond acceptors (Lipinski definition) is 3. The van der Waals surface area contributed by atoms with Crippen molar-refractivity contribution in [1.82, 2.24) is 14.2 Å². The van der Waals surface area contributed by atoms with Crippen molar-refractivity contribution in [2.75, 3.05) is 13.1 Å². The number of aromatic nitrogens is 1. The van der Waals surface area contributed by atoms with E-state index in [1.54, 1.807) is 0 Å². The van der Waals surface area contributed by atoms with E-state index in [9.17, 15) is 8.42 Å². The lowest BCUT2D eigenvalue weighted by atomic mass is 9.79. The van der Waals surface area contributed by atoms with Gasteiger partial charge in [0.05, 0.1) is 6.54 Å². The highest BCUT2D eigenvalue weighted by molar-refractivity contribution is 7.87. The molecule has 0 radical (unpaired) electrons. The maximum Gasteiger partial charge on any atom is 0.274 e. The largest absolute Gasteiger partial charge is 0.340 e. The summed E-state index contributed by atoms with van der Waals surface area (Å²) in [6.45, 7) is 7.19. The van der Waals surface area contributed by atoms with E-state index in [-0.39, 0.29) is 6.54 Å². The monoisotopic (exact) mass is 432 g/mol. The van der Waals surface area contributed by atoms with Crippen LogP contribution in [0.15, 0.2) is 30.3 Å². The van der Waals surface area contributed by atoms with Crippen molar-refractivity contribution in [2.24, 2.45) is 17.0 Å². The Morgan fingerprint density at radius 3 is 2.33 bits per heavy atom. The van der Waals surface area contributed by atoms with Gasteiger partial charge in [0, 0.05) is 36.4 Å². The topological polar surface area (TPSA) is 80.4 Å². The fourth-order valence-corrected chi connectivity index (χ4v) is 5.97. The third kappa shape index (κ3) is 4.90. The van der Waals surface area contributed by atoms with Gasteiger partial charge < -0.3 is 9.47 Å². The second-order valence-electron chi connectivity index (χ2n) is 9.51. The van der Waals surface area contributed by atoms with E-state index < -0.39 is 10.2 Å². The van der Waals surface area contributed by atoms with Crippen LogP contribution in [0.3, 0.4) is 0 Å². The van der Waals surface area contributed by atoms with Gasteiger partial charge >= 0.3 is 0 Å². The normalized spacial score (nSPS) is 24.7. The second-order valence-corrected chi connectivity index (χ2v) is 10.9. The molecular formula is C23H36N4O2S. The molecular weight excluding hydrogens is 396 g/mol. The Kier molecular flexibility index (Phi) is 6.53. The van der Waals surface area contributed by atoms with E-state index >= 15 is 0 Å². The average Bonchev–Trinajstić information content (AvgIpc) is 3.10. The molecule has 0 amide bonds.